The lowest BCUT2D eigenvalue weighted by atomic mass is 10.0. The van der Waals surface area contributed by atoms with Crippen molar-refractivity contribution < 1.29 is 9.18 Å². The van der Waals surface area contributed by atoms with Crippen molar-refractivity contribution in [2.45, 2.75) is 25.3 Å². The van der Waals surface area contributed by atoms with Crippen LogP contribution in [0.1, 0.15) is 19.3 Å². The number of fused-ring (bicyclic) bond motifs is 1. The second kappa shape index (κ2) is 13.8. The molecule has 5 heterocycles. The first-order valence-electron chi connectivity index (χ1n) is 15.9. The number of hydrogen-bond acceptors (Lipinski definition) is 9. The lowest BCUT2D eigenvalue weighted by Gasteiger charge is -2.40. The zero-order chi connectivity index (χ0) is 32.2. The molecule has 0 unspecified atom stereocenters. The van der Waals surface area contributed by atoms with E-state index in [1.807, 2.05) is 73.7 Å². The molecule has 46 heavy (non-hydrogen) atoms. The van der Waals surface area contributed by atoms with E-state index in [4.69, 9.17) is 15.2 Å². The van der Waals surface area contributed by atoms with Crippen LogP contribution in [0.4, 0.5) is 15.9 Å². The van der Waals surface area contributed by atoms with Gasteiger partial charge in [0.15, 0.2) is 17.5 Å². The predicted octanol–water partition coefficient (Wildman–Crippen LogP) is 3.62. The van der Waals surface area contributed by atoms with Gasteiger partial charge >= 0.3 is 0 Å². The molecule has 3 aromatic heterocycles. The molecule has 11 nitrogen and oxygen atoms in total. The fraction of sp³-hybridized carbons (Fsp3) is 0.441. The minimum Gasteiger partial charge on any atom is -0.369 e. The van der Waals surface area contributed by atoms with E-state index in [0.29, 0.717) is 43.1 Å². The average Bonchev–Trinajstić information content (AvgIpc) is 3.50. The van der Waals surface area contributed by atoms with Crippen LogP contribution in [0.25, 0.3) is 28.2 Å². The Morgan fingerprint density at radius 3 is 2.57 bits per heavy atom. The summed E-state index contributed by atoms with van der Waals surface area (Å²) in [5, 5.41) is 13.6. The number of aromatic nitrogens is 4. The van der Waals surface area contributed by atoms with Gasteiger partial charge < -0.3 is 24.5 Å². The summed E-state index contributed by atoms with van der Waals surface area (Å²) >= 11 is 0. The SMILES string of the molecule is CN(C)CCN(c1nc(-c2cnn3ccccc23)nc(-c2ccc(N3CCN(C)CC3)cc2)c1F)[C@@H]1CCCN(C(=O)CC#N)C1. The number of nitrogens with zero attached hydrogens (tertiary/aromatic N) is 10. The summed E-state index contributed by atoms with van der Waals surface area (Å²) in [4.78, 5) is 32.9. The number of anilines is 2. The number of carbonyl (C=O) groups is 1. The molecule has 0 radical (unpaired) electrons. The summed E-state index contributed by atoms with van der Waals surface area (Å²) in [5.74, 6) is -0.0958. The van der Waals surface area contributed by atoms with Gasteiger partial charge in [0.25, 0.3) is 0 Å². The fourth-order valence-corrected chi connectivity index (χ4v) is 6.32. The van der Waals surface area contributed by atoms with Crippen LogP contribution in [-0.4, -0.2) is 120 Å². The summed E-state index contributed by atoms with van der Waals surface area (Å²) in [7, 11) is 6.10. The summed E-state index contributed by atoms with van der Waals surface area (Å²) in [5.41, 5.74) is 3.52. The van der Waals surface area contributed by atoms with Crippen molar-refractivity contribution in [3.05, 3.63) is 60.7 Å². The van der Waals surface area contributed by atoms with Crippen LogP contribution < -0.4 is 9.80 Å². The Labute approximate surface area is 269 Å². The summed E-state index contributed by atoms with van der Waals surface area (Å²) < 4.78 is 18.7. The molecule has 2 aliphatic rings. The molecule has 6 rings (SSSR count). The van der Waals surface area contributed by atoms with Gasteiger partial charge in [0, 0.05) is 75.8 Å². The molecule has 0 saturated carbocycles. The molecule has 1 amide bonds. The topological polar surface area (TPSA) is 100 Å². The van der Waals surface area contributed by atoms with Crippen LogP contribution in [0.3, 0.4) is 0 Å². The van der Waals surface area contributed by atoms with Gasteiger partial charge in [-0.25, -0.2) is 18.9 Å². The Bertz CT molecular complexity index is 1710. The maximum Gasteiger partial charge on any atom is 0.236 e. The third kappa shape index (κ3) is 6.66. The van der Waals surface area contributed by atoms with Crippen LogP contribution in [0.15, 0.2) is 54.9 Å². The molecule has 12 heteroatoms. The van der Waals surface area contributed by atoms with Gasteiger partial charge in [-0.05, 0) is 58.3 Å². The number of amides is 1. The number of piperidine rings is 1. The summed E-state index contributed by atoms with van der Waals surface area (Å²) in [6.45, 7) is 6.03. The summed E-state index contributed by atoms with van der Waals surface area (Å²) in [6.07, 6.45) is 4.95. The highest BCUT2D eigenvalue weighted by atomic mass is 19.1. The third-order valence-corrected chi connectivity index (χ3v) is 8.99. The standard InChI is InChI=1S/C34H41FN10O/c1-40(2)17-22-44(27-7-6-15-43(24-27)30(46)13-14-36)34-31(35)32(25-9-11-26(12-10-25)42-20-18-41(3)19-21-42)38-33(39-34)28-23-37-45-16-5-4-8-29(28)45/h4-5,8-12,16,23,27H,6-7,13,15,17-22,24H2,1-3H3/t27-/m1/s1. The number of hydrogen-bond donors (Lipinski definition) is 0. The molecule has 0 N–H and O–H groups in total. The van der Waals surface area contributed by atoms with Crippen LogP contribution in [0, 0.1) is 17.1 Å². The van der Waals surface area contributed by atoms with E-state index in [0.717, 1.165) is 50.2 Å². The normalized spacial score (nSPS) is 17.4. The van der Waals surface area contributed by atoms with Crippen LogP contribution >= 0.6 is 0 Å². The zero-order valence-electron chi connectivity index (χ0n) is 26.8. The molecule has 2 aliphatic heterocycles. The number of likely N-dealkylation sites (N-methyl/N-ethyl adjacent to an activating group) is 2. The van der Waals surface area contributed by atoms with Crippen molar-refractivity contribution >= 4 is 22.9 Å². The molecule has 4 aromatic rings. The maximum atomic E-state index is 17.0. The van der Waals surface area contributed by atoms with E-state index in [-0.39, 0.29) is 29.9 Å². The highest BCUT2D eigenvalue weighted by Crippen LogP contribution is 2.34. The Morgan fingerprint density at radius 2 is 1.83 bits per heavy atom. The molecule has 0 spiro atoms. The van der Waals surface area contributed by atoms with Gasteiger partial charge in [-0.2, -0.15) is 10.4 Å². The average molecular weight is 625 g/mol. The van der Waals surface area contributed by atoms with E-state index in [9.17, 15) is 4.79 Å². The van der Waals surface area contributed by atoms with Gasteiger partial charge in [0.05, 0.1) is 23.3 Å². The first kappa shape index (κ1) is 31.4. The number of likely N-dealkylation sites (tertiary alicyclic amines) is 1. The van der Waals surface area contributed by atoms with Crippen LogP contribution in [0.5, 0.6) is 0 Å². The van der Waals surface area contributed by atoms with Crippen molar-refractivity contribution in [3.8, 4) is 28.7 Å². The van der Waals surface area contributed by atoms with Gasteiger partial charge in [-0.1, -0.05) is 18.2 Å². The van der Waals surface area contributed by atoms with E-state index >= 15 is 4.39 Å². The van der Waals surface area contributed by atoms with E-state index in [1.165, 1.54) is 0 Å². The fourth-order valence-electron chi connectivity index (χ4n) is 6.32. The lowest BCUT2D eigenvalue weighted by molar-refractivity contribution is -0.131. The van der Waals surface area contributed by atoms with Gasteiger partial charge in [0.2, 0.25) is 5.91 Å². The van der Waals surface area contributed by atoms with Crippen molar-refractivity contribution in [1.82, 2.24) is 34.3 Å². The molecule has 1 aromatic carbocycles. The predicted molar refractivity (Wildman–Crippen MR) is 177 cm³/mol. The van der Waals surface area contributed by atoms with Crippen molar-refractivity contribution in [2.75, 3.05) is 83.3 Å². The minimum absolute atomic E-state index is 0.167. The molecule has 0 aliphatic carbocycles. The third-order valence-electron chi connectivity index (χ3n) is 8.99. The van der Waals surface area contributed by atoms with Crippen molar-refractivity contribution in [3.63, 3.8) is 0 Å². The summed E-state index contributed by atoms with van der Waals surface area (Å²) in [6, 6.07) is 15.5. The number of nitriles is 1. The van der Waals surface area contributed by atoms with Gasteiger partial charge in [-0.3, -0.25) is 4.79 Å². The smallest absolute Gasteiger partial charge is 0.236 e. The van der Waals surface area contributed by atoms with Gasteiger partial charge in [0.1, 0.15) is 12.1 Å². The molecule has 0 bridgehead atoms. The van der Waals surface area contributed by atoms with Crippen molar-refractivity contribution in [2.24, 2.45) is 0 Å². The molecule has 1 atom stereocenters. The highest BCUT2D eigenvalue weighted by Gasteiger charge is 2.32. The molecule has 240 valence electrons. The molecule has 2 saturated heterocycles. The Kier molecular flexibility index (Phi) is 9.42. The second-order valence-electron chi connectivity index (χ2n) is 12.4. The van der Waals surface area contributed by atoms with Gasteiger partial charge in [-0.15, -0.1) is 0 Å². The zero-order valence-corrected chi connectivity index (χ0v) is 26.8. The van der Waals surface area contributed by atoms with E-state index in [2.05, 4.69) is 26.8 Å². The van der Waals surface area contributed by atoms with E-state index < -0.39 is 5.82 Å². The highest BCUT2D eigenvalue weighted by molar-refractivity contribution is 5.79. The second-order valence-corrected chi connectivity index (χ2v) is 12.4. The van der Waals surface area contributed by atoms with E-state index in [1.54, 1.807) is 15.6 Å². The number of halogens is 1. The first-order valence-corrected chi connectivity index (χ1v) is 15.9. The first-order chi connectivity index (χ1) is 22.3. The Hall–Kier alpha value is -4.60. The Balaban J connectivity index is 1.44. The molecular formula is C34H41FN10O. The monoisotopic (exact) mass is 624 g/mol. The number of carbonyl (C=O) groups excluding carboxylic acids is 1. The lowest BCUT2D eigenvalue weighted by Crippen LogP contribution is -2.51. The molecular weight excluding hydrogens is 583 g/mol. The minimum atomic E-state index is -0.494. The molecule has 2 fully saturated rings. The quantitative estimate of drug-likeness (QED) is 0.277. The number of piperazine rings is 1. The Morgan fingerprint density at radius 1 is 1.04 bits per heavy atom. The van der Waals surface area contributed by atoms with Crippen LogP contribution in [0.2, 0.25) is 0 Å². The van der Waals surface area contributed by atoms with Crippen molar-refractivity contribution in [1.29, 1.82) is 5.26 Å². The number of rotatable bonds is 9. The number of benzene rings is 1. The maximum absolute atomic E-state index is 17.0. The number of pyridine rings is 1. The van der Waals surface area contributed by atoms with Crippen LogP contribution in [-0.2, 0) is 4.79 Å². The largest absolute Gasteiger partial charge is 0.369 e.